The Labute approximate surface area is 171 Å². The van der Waals surface area contributed by atoms with E-state index in [1.165, 1.54) is 17.7 Å². The van der Waals surface area contributed by atoms with Crippen molar-refractivity contribution in [2.45, 2.75) is 37.4 Å². The predicted molar refractivity (Wildman–Crippen MR) is 110 cm³/mol. The van der Waals surface area contributed by atoms with Gasteiger partial charge in [-0.15, -0.1) is 0 Å². The maximum absolute atomic E-state index is 13.3. The minimum Gasteiger partial charge on any atom is -0.395 e. The smallest absolute Gasteiger partial charge is 0.317 e. The summed E-state index contributed by atoms with van der Waals surface area (Å²) >= 11 is 0. The van der Waals surface area contributed by atoms with Gasteiger partial charge in [0.2, 0.25) is 0 Å². The fraction of sp³-hybridized carbons (Fsp3) is 0.435. The number of nitrogens with one attached hydrogen (secondary N) is 1. The van der Waals surface area contributed by atoms with E-state index in [0.29, 0.717) is 26.2 Å². The van der Waals surface area contributed by atoms with Gasteiger partial charge in [-0.05, 0) is 29.7 Å². The number of likely N-dealkylation sites (tertiary alicyclic amines) is 2. The highest BCUT2D eigenvalue weighted by Crippen LogP contribution is 2.54. The van der Waals surface area contributed by atoms with Gasteiger partial charge in [0.1, 0.15) is 5.82 Å². The van der Waals surface area contributed by atoms with Gasteiger partial charge < -0.3 is 15.3 Å². The highest BCUT2D eigenvalue weighted by Gasteiger charge is 2.66. The van der Waals surface area contributed by atoms with Crippen molar-refractivity contribution in [2.24, 2.45) is 0 Å². The lowest BCUT2D eigenvalue weighted by molar-refractivity contribution is -0.183. The second-order valence-electron chi connectivity index (χ2n) is 8.08. The van der Waals surface area contributed by atoms with Crippen molar-refractivity contribution >= 4 is 6.03 Å². The zero-order valence-corrected chi connectivity index (χ0v) is 16.7. The minimum atomic E-state index is -0.254. The third-order valence-electron chi connectivity index (χ3n) is 6.29. The summed E-state index contributed by atoms with van der Waals surface area (Å²) in [5.41, 5.74) is 1.99. The third-order valence-corrected chi connectivity index (χ3v) is 6.29. The molecule has 154 valence electrons. The number of aliphatic hydroxyl groups excluding tert-OH is 1. The summed E-state index contributed by atoms with van der Waals surface area (Å²) in [6.07, 6.45) is 0.903. The number of hydrogen-bond acceptors (Lipinski definition) is 3. The number of carbonyl (C=O) groups excluding carboxylic acids is 1. The molecule has 2 N–H and O–H groups in total. The highest BCUT2D eigenvalue weighted by molar-refractivity contribution is 5.76. The lowest BCUT2D eigenvalue weighted by atomic mass is 9.60. The number of carbonyl (C=O) groups is 1. The standard InChI is InChI=1S/C23H28FN3O2/c1-2-12-25-22(29)26-15-23(16-26)21(18-6-4-3-5-7-18)20(14-28)27(23)13-17-8-10-19(24)11-9-17/h3-11,20-21,28H,2,12-16H2,1H3,(H,25,29)/t20-,21+/m0/s1. The molecule has 2 heterocycles. The summed E-state index contributed by atoms with van der Waals surface area (Å²) in [5.74, 6) is -0.0975. The number of amides is 2. The topological polar surface area (TPSA) is 55.8 Å². The van der Waals surface area contributed by atoms with Gasteiger partial charge >= 0.3 is 6.03 Å². The Morgan fingerprint density at radius 2 is 1.86 bits per heavy atom. The van der Waals surface area contributed by atoms with Crippen LogP contribution in [0.3, 0.4) is 0 Å². The van der Waals surface area contributed by atoms with E-state index in [9.17, 15) is 14.3 Å². The summed E-state index contributed by atoms with van der Waals surface area (Å²) in [4.78, 5) is 16.6. The first-order valence-corrected chi connectivity index (χ1v) is 10.3. The van der Waals surface area contributed by atoms with Crippen LogP contribution >= 0.6 is 0 Å². The van der Waals surface area contributed by atoms with E-state index in [1.807, 2.05) is 30.0 Å². The van der Waals surface area contributed by atoms with Crippen molar-refractivity contribution in [1.82, 2.24) is 15.1 Å². The molecular weight excluding hydrogens is 369 g/mol. The minimum absolute atomic E-state index is 0.0247. The molecule has 4 rings (SSSR count). The van der Waals surface area contributed by atoms with E-state index in [2.05, 4.69) is 22.3 Å². The first-order chi connectivity index (χ1) is 14.1. The number of benzene rings is 2. The maximum Gasteiger partial charge on any atom is 0.317 e. The molecule has 2 atom stereocenters. The van der Waals surface area contributed by atoms with Crippen LogP contribution in [0.2, 0.25) is 0 Å². The highest BCUT2D eigenvalue weighted by atomic mass is 19.1. The zero-order valence-electron chi connectivity index (χ0n) is 16.7. The molecule has 0 aromatic heterocycles. The van der Waals surface area contributed by atoms with Crippen LogP contribution in [0.15, 0.2) is 54.6 Å². The number of rotatable bonds is 6. The third kappa shape index (κ3) is 3.51. The molecule has 6 heteroatoms. The van der Waals surface area contributed by atoms with Gasteiger partial charge in [0.15, 0.2) is 0 Å². The van der Waals surface area contributed by atoms with Crippen molar-refractivity contribution in [3.63, 3.8) is 0 Å². The monoisotopic (exact) mass is 397 g/mol. The van der Waals surface area contributed by atoms with Gasteiger partial charge in [-0.1, -0.05) is 49.4 Å². The molecular formula is C23H28FN3O2. The summed E-state index contributed by atoms with van der Waals surface area (Å²) in [7, 11) is 0. The molecule has 0 unspecified atom stereocenters. The average molecular weight is 397 g/mol. The summed E-state index contributed by atoms with van der Waals surface area (Å²) in [6.45, 7) is 4.62. The summed E-state index contributed by atoms with van der Waals surface area (Å²) < 4.78 is 13.3. The van der Waals surface area contributed by atoms with Crippen LogP contribution in [0, 0.1) is 5.82 Å². The Bertz CT molecular complexity index is 837. The summed E-state index contributed by atoms with van der Waals surface area (Å²) in [5, 5.41) is 13.1. The number of nitrogens with zero attached hydrogens (tertiary/aromatic N) is 2. The van der Waals surface area contributed by atoms with E-state index in [1.54, 1.807) is 12.1 Å². The molecule has 2 aromatic carbocycles. The van der Waals surface area contributed by atoms with E-state index >= 15 is 0 Å². The van der Waals surface area contributed by atoms with Gasteiger partial charge in [0.25, 0.3) is 0 Å². The Morgan fingerprint density at radius 3 is 2.48 bits per heavy atom. The fourth-order valence-electron chi connectivity index (χ4n) is 4.90. The molecule has 5 nitrogen and oxygen atoms in total. The normalized spacial score (nSPS) is 22.8. The van der Waals surface area contributed by atoms with Crippen LogP contribution in [0.4, 0.5) is 9.18 Å². The first kappa shape index (κ1) is 19.9. The largest absolute Gasteiger partial charge is 0.395 e. The number of hydrogen-bond donors (Lipinski definition) is 2. The Morgan fingerprint density at radius 1 is 1.17 bits per heavy atom. The number of halogens is 1. The second-order valence-corrected chi connectivity index (χ2v) is 8.08. The molecule has 0 radical (unpaired) electrons. The Balaban J connectivity index is 1.58. The van der Waals surface area contributed by atoms with E-state index in [4.69, 9.17) is 0 Å². The molecule has 0 bridgehead atoms. The Hall–Kier alpha value is -2.44. The van der Waals surface area contributed by atoms with Gasteiger partial charge in [0.05, 0.1) is 12.1 Å². The summed E-state index contributed by atoms with van der Waals surface area (Å²) in [6, 6.07) is 16.7. The molecule has 2 aliphatic rings. The number of aliphatic hydroxyl groups is 1. The van der Waals surface area contributed by atoms with Crippen LogP contribution in [-0.2, 0) is 6.54 Å². The Kier molecular flexibility index (Phi) is 5.56. The fourth-order valence-corrected chi connectivity index (χ4v) is 4.90. The molecule has 29 heavy (non-hydrogen) atoms. The van der Waals surface area contributed by atoms with Gasteiger partial charge in [0, 0.05) is 38.1 Å². The van der Waals surface area contributed by atoms with Crippen LogP contribution in [0.5, 0.6) is 0 Å². The van der Waals surface area contributed by atoms with E-state index in [0.717, 1.165) is 12.0 Å². The predicted octanol–water partition coefficient (Wildman–Crippen LogP) is 2.96. The van der Waals surface area contributed by atoms with Gasteiger partial charge in [-0.25, -0.2) is 9.18 Å². The van der Waals surface area contributed by atoms with Gasteiger partial charge in [-0.3, -0.25) is 4.90 Å². The molecule has 2 aliphatic heterocycles. The van der Waals surface area contributed by atoms with Crippen molar-refractivity contribution < 1.29 is 14.3 Å². The average Bonchev–Trinajstić information content (AvgIpc) is 2.70. The van der Waals surface area contributed by atoms with E-state index in [-0.39, 0.29) is 36.0 Å². The van der Waals surface area contributed by atoms with Crippen molar-refractivity contribution in [2.75, 3.05) is 26.2 Å². The zero-order chi connectivity index (χ0) is 20.4. The molecule has 2 aromatic rings. The second kappa shape index (κ2) is 8.13. The number of urea groups is 1. The van der Waals surface area contributed by atoms with Crippen LogP contribution in [0.1, 0.15) is 30.4 Å². The van der Waals surface area contributed by atoms with Crippen molar-refractivity contribution in [1.29, 1.82) is 0 Å². The molecule has 2 fully saturated rings. The van der Waals surface area contributed by atoms with Crippen LogP contribution in [-0.4, -0.2) is 58.8 Å². The quantitative estimate of drug-likeness (QED) is 0.788. The van der Waals surface area contributed by atoms with Crippen molar-refractivity contribution in [3.8, 4) is 0 Å². The molecule has 1 spiro atoms. The van der Waals surface area contributed by atoms with Gasteiger partial charge in [-0.2, -0.15) is 0 Å². The van der Waals surface area contributed by atoms with E-state index < -0.39 is 0 Å². The van der Waals surface area contributed by atoms with Crippen LogP contribution in [0.25, 0.3) is 0 Å². The molecule has 2 amide bonds. The molecule has 0 aliphatic carbocycles. The lowest BCUT2D eigenvalue weighted by Crippen LogP contribution is -2.85. The molecule has 2 saturated heterocycles. The lowest BCUT2D eigenvalue weighted by Gasteiger charge is -2.70. The molecule has 0 saturated carbocycles. The van der Waals surface area contributed by atoms with Crippen molar-refractivity contribution in [3.05, 3.63) is 71.5 Å². The van der Waals surface area contributed by atoms with Crippen LogP contribution < -0.4 is 5.32 Å². The first-order valence-electron chi connectivity index (χ1n) is 10.3. The SMILES string of the molecule is CCCNC(=O)N1CC2(C1)[C@H](c1ccccc1)[C@H](CO)N2Cc1ccc(F)cc1. The maximum atomic E-state index is 13.3.